The zero-order valence-corrected chi connectivity index (χ0v) is 13.5. The molecule has 0 unspecified atom stereocenters. The van der Waals surface area contributed by atoms with Crippen LogP contribution in [-0.4, -0.2) is 56.6 Å². The van der Waals surface area contributed by atoms with E-state index in [1.54, 1.807) is 23.0 Å². The molecule has 3 aromatic heterocycles. The molecule has 7 heteroatoms. The molecule has 0 saturated carbocycles. The number of nitrogens with zero attached hydrogens (tertiary/aromatic N) is 6. The molecule has 1 fully saturated rings. The van der Waals surface area contributed by atoms with Crippen molar-refractivity contribution in [1.29, 1.82) is 0 Å². The molecular formula is C17H18N6O. The highest BCUT2D eigenvalue weighted by Crippen LogP contribution is 2.15. The van der Waals surface area contributed by atoms with Gasteiger partial charge >= 0.3 is 0 Å². The number of aryl methyl sites for hydroxylation is 1. The standard InChI is InChI=1S/C17H18N6O/c1-13-12-14(20-16-5-7-19-23(13)16)17(24)22-10-8-21(9-11-22)15-4-2-3-6-18-15/h2-7,12H,8-11H2,1H3. The zero-order chi connectivity index (χ0) is 16.5. The molecule has 0 aliphatic carbocycles. The first-order chi connectivity index (χ1) is 11.7. The first-order valence-electron chi connectivity index (χ1n) is 7.99. The van der Waals surface area contributed by atoms with Gasteiger partial charge in [-0.2, -0.15) is 5.10 Å². The molecule has 24 heavy (non-hydrogen) atoms. The van der Waals surface area contributed by atoms with Gasteiger partial charge in [-0.3, -0.25) is 4.79 Å². The maximum atomic E-state index is 12.8. The van der Waals surface area contributed by atoms with Crippen LogP contribution in [0.1, 0.15) is 16.2 Å². The minimum absolute atomic E-state index is 0.0255. The Morgan fingerprint density at radius 1 is 1.08 bits per heavy atom. The minimum Gasteiger partial charge on any atom is -0.353 e. The topological polar surface area (TPSA) is 66.6 Å². The maximum absolute atomic E-state index is 12.8. The van der Waals surface area contributed by atoms with Crippen LogP contribution in [0.2, 0.25) is 0 Å². The van der Waals surface area contributed by atoms with E-state index in [1.807, 2.05) is 36.1 Å². The Labute approximate surface area is 139 Å². The molecule has 0 atom stereocenters. The summed E-state index contributed by atoms with van der Waals surface area (Å²) in [5, 5.41) is 4.19. The van der Waals surface area contributed by atoms with Crippen LogP contribution in [0.4, 0.5) is 5.82 Å². The van der Waals surface area contributed by atoms with Gasteiger partial charge in [-0.25, -0.2) is 14.5 Å². The Hall–Kier alpha value is -2.96. The number of hydrogen-bond donors (Lipinski definition) is 0. The molecule has 0 bridgehead atoms. The van der Waals surface area contributed by atoms with Crippen LogP contribution in [0, 0.1) is 6.92 Å². The molecule has 1 aliphatic heterocycles. The summed E-state index contributed by atoms with van der Waals surface area (Å²) in [4.78, 5) is 25.6. The van der Waals surface area contributed by atoms with Crippen molar-refractivity contribution in [2.45, 2.75) is 6.92 Å². The third-order valence-electron chi connectivity index (χ3n) is 4.30. The summed E-state index contributed by atoms with van der Waals surface area (Å²) in [7, 11) is 0. The van der Waals surface area contributed by atoms with Crippen molar-refractivity contribution in [3.05, 3.63) is 54.1 Å². The van der Waals surface area contributed by atoms with Gasteiger partial charge in [0, 0.05) is 44.1 Å². The molecule has 0 spiro atoms. The van der Waals surface area contributed by atoms with Gasteiger partial charge in [0.2, 0.25) is 0 Å². The van der Waals surface area contributed by atoms with E-state index in [-0.39, 0.29) is 5.91 Å². The van der Waals surface area contributed by atoms with Crippen LogP contribution in [0.15, 0.2) is 42.7 Å². The van der Waals surface area contributed by atoms with Crippen molar-refractivity contribution >= 4 is 17.4 Å². The number of carbonyl (C=O) groups is 1. The average molecular weight is 322 g/mol. The van der Waals surface area contributed by atoms with Crippen molar-refractivity contribution in [2.75, 3.05) is 31.1 Å². The molecule has 4 heterocycles. The summed E-state index contributed by atoms with van der Waals surface area (Å²) in [6.45, 7) is 4.81. The van der Waals surface area contributed by atoms with E-state index in [1.165, 1.54) is 0 Å². The van der Waals surface area contributed by atoms with Crippen molar-refractivity contribution in [1.82, 2.24) is 24.5 Å². The average Bonchev–Trinajstić information content (AvgIpc) is 3.11. The van der Waals surface area contributed by atoms with Crippen LogP contribution in [0.25, 0.3) is 5.65 Å². The van der Waals surface area contributed by atoms with Gasteiger partial charge in [0.1, 0.15) is 11.5 Å². The Morgan fingerprint density at radius 2 is 1.92 bits per heavy atom. The van der Waals surface area contributed by atoms with Crippen molar-refractivity contribution in [3.63, 3.8) is 0 Å². The second-order valence-electron chi connectivity index (χ2n) is 5.85. The maximum Gasteiger partial charge on any atom is 0.272 e. The number of amides is 1. The highest BCUT2D eigenvalue weighted by Gasteiger charge is 2.24. The van der Waals surface area contributed by atoms with Crippen molar-refractivity contribution in [2.24, 2.45) is 0 Å². The highest BCUT2D eigenvalue weighted by atomic mass is 16.2. The predicted molar refractivity (Wildman–Crippen MR) is 90.1 cm³/mol. The Morgan fingerprint density at radius 3 is 2.67 bits per heavy atom. The number of fused-ring (bicyclic) bond motifs is 1. The SMILES string of the molecule is Cc1cc(C(=O)N2CCN(c3ccccn3)CC2)nc2ccnn12. The molecule has 0 N–H and O–H groups in total. The smallest absolute Gasteiger partial charge is 0.272 e. The van der Waals surface area contributed by atoms with E-state index in [2.05, 4.69) is 20.0 Å². The van der Waals surface area contributed by atoms with Gasteiger partial charge in [-0.05, 0) is 25.1 Å². The van der Waals surface area contributed by atoms with E-state index < -0.39 is 0 Å². The normalized spacial score (nSPS) is 15.0. The van der Waals surface area contributed by atoms with Crippen molar-refractivity contribution < 1.29 is 4.79 Å². The minimum atomic E-state index is -0.0255. The molecule has 122 valence electrons. The van der Waals surface area contributed by atoms with E-state index >= 15 is 0 Å². The molecule has 1 amide bonds. The lowest BCUT2D eigenvalue weighted by molar-refractivity contribution is 0.0740. The fourth-order valence-corrected chi connectivity index (χ4v) is 3.02. The lowest BCUT2D eigenvalue weighted by atomic mass is 10.2. The quantitative estimate of drug-likeness (QED) is 0.713. The van der Waals surface area contributed by atoms with E-state index in [4.69, 9.17) is 0 Å². The van der Waals surface area contributed by atoms with Crippen LogP contribution < -0.4 is 4.90 Å². The Bertz CT molecular complexity index is 867. The summed E-state index contributed by atoms with van der Waals surface area (Å²) in [6, 6.07) is 9.49. The fourth-order valence-electron chi connectivity index (χ4n) is 3.02. The number of aromatic nitrogens is 4. The molecule has 1 saturated heterocycles. The molecule has 1 aliphatic rings. The van der Waals surface area contributed by atoms with Gasteiger partial charge in [0.25, 0.3) is 5.91 Å². The van der Waals surface area contributed by atoms with Crippen LogP contribution >= 0.6 is 0 Å². The number of carbonyl (C=O) groups excluding carboxylic acids is 1. The number of pyridine rings is 1. The zero-order valence-electron chi connectivity index (χ0n) is 13.5. The van der Waals surface area contributed by atoms with Crippen molar-refractivity contribution in [3.8, 4) is 0 Å². The van der Waals surface area contributed by atoms with Gasteiger partial charge in [0.05, 0.1) is 6.20 Å². The Balaban J connectivity index is 1.49. The molecular weight excluding hydrogens is 304 g/mol. The largest absolute Gasteiger partial charge is 0.353 e. The number of anilines is 1. The van der Waals surface area contributed by atoms with Crippen LogP contribution in [0.5, 0.6) is 0 Å². The van der Waals surface area contributed by atoms with Gasteiger partial charge in [-0.1, -0.05) is 6.07 Å². The number of rotatable bonds is 2. The van der Waals surface area contributed by atoms with E-state index in [9.17, 15) is 4.79 Å². The predicted octanol–water partition coefficient (Wildman–Crippen LogP) is 1.40. The third kappa shape index (κ3) is 2.58. The molecule has 0 radical (unpaired) electrons. The monoisotopic (exact) mass is 322 g/mol. The Kier molecular flexibility index (Phi) is 3.60. The second kappa shape index (κ2) is 5.92. The molecule has 7 nitrogen and oxygen atoms in total. The van der Waals surface area contributed by atoms with Crippen LogP contribution in [0.3, 0.4) is 0 Å². The lowest BCUT2D eigenvalue weighted by Crippen LogP contribution is -2.49. The van der Waals surface area contributed by atoms with E-state index in [0.717, 1.165) is 24.6 Å². The molecule has 4 rings (SSSR count). The highest BCUT2D eigenvalue weighted by molar-refractivity contribution is 5.93. The third-order valence-corrected chi connectivity index (χ3v) is 4.30. The lowest BCUT2D eigenvalue weighted by Gasteiger charge is -2.35. The first-order valence-corrected chi connectivity index (χ1v) is 7.99. The van der Waals surface area contributed by atoms with Gasteiger partial charge < -0.3 is 9.80 Å². The summed E-state index contributed by atoms with van der Waals surface area (Å²) >= 11 is 0. The van der Waals surface area contributed by atoms with Gasteiger partial charge in [0.15, 0.2) is 5.65 Å². The molecule has 0 aromatic carbocycles. The van der Waals surface area contributed by atoms with Crippen LogP contribution in [-0.2, 0) is 0 Å². The second-order valence-corrected chi connectivity index (χ2v) is 5.85. The summed E-state index contributed by atoms with van der Waals surface area (Å²) in [6.07, 6.45) is 3.48. The summed E-state index contributed by atoms with van der Waals surface area (Å²) < 4.78 is 1.73. The fraction of sp³-hybridized carbons (Fsp3) is 0.294. The van der Waals surface area contributed by atoms with Gasteiger partial charge in [-0.15, -0.1) is 0 Å². The first kappa shape index (κ1) is 14.6. The summed E-state index contributed by atoms with van der Waals surface area (Å²) in [5.74, 6) is 0.932. The number of hydrogen-bond acceptors (Lipinski definition) is 5. The number of piperazine rings is 1. The van der Waals surface area contributed by atoms with E-state index in [0.29, 0.717) is 24.4 Å². The molecule has 3 aromatic rings. The summed E-state index contributed by atoms with van der Waals surface area (Å²) in [5.41, 5.74) is 2.08.